The van der Waals surface area contributed by atoms with E-state index in [1.54, 1.807) is 0 Å². The predicted molar refractivity (Wildman–Crippen MR) is 133 cm³/mol. The molecule has 1 aliphatic carbocycles. The number of halogens is 2. The smallest absolute Gasteiger partial charge is 0.247 e. The van der Waals surface area contributed by atoms with E-state index in [1.807, 2.05) is 0 Å². The van der Waals surface area contributed by atoms with Crippen LogP contribution in [-0.2, 0) is 20.9 Å². The molecule has 2 aromatic carbocycles. The fourth-order valence-electron chi connectivity index (χ4n) is 5.06. The average molecular weight is 525 g/mol. The number of benzene rings is 2. The summed E-state index contributed by atoms with van der Waals surface area (Å²) in [5, 5.41) is 15.4. The Morgan fingerprint density at radius 2 is 1.68 bits per heavy atom. The van der Waals surface area contributed by atoms with E-state index in [4.69, 9.17) is 4.74 Å². The van der Waals surface area contributed by atoms with Crippen molar-refractivity contribution in [3.63, 3.8) is 0 Å². The van der Waals surface area contributed by atoms with Crippen molar-refractivity contribution in [3.05, 3.63) is 65.7 Å². The summed E-state index contributed by atoms with van der Waals surface area (Å²) in [6.45, 7) is 0.516. The summed E-state index contributed by atoms with van der Waals surface area (Å²) in [7, 11) is 0. The second-order valence-electron chi connectivity index (χ2n) is 9.78. The number of hydrogen-bond donors (Lipinski definition) is 1. The molecule has 1 saturated heterocycles. The number of rotatable bonds is 9. The lowest BCUT2D eigenvalue weighted by molar-refractivity contribution is -0.143. The summed E-state index contributed by atoms with van der Waals surface area (Å²) >= 11 is 0. The molecule has 1 aromatic heterocycles. The molecular formula is C27H30F2N6O3. The van der Waals surface area contributed by atoms with Crippen molar-refractivity contribution in [1.29, 1.82) is 0 Å². The van der Waals surface area contributed by atoms with Gasteiger partial charge in [0.15, 0.2) is 0 Å². The summed E-state index contributed by atoms with van der Waals surface area (Å²) in [4.78, 5) is 30.0. The van der Waals surface area contributed by atoms with E-state index in [9.17, 15) is 18.4 Å². The lowest BCUT2D eigenvalue weighted by atomic mass is 10.0. The van der Waals surface area contributed by atoms with Crippen LogP contribution in [0.15, 0.2) is 48.5 Å². The third kappa shape index (κ3) is 6.21. The van der Waals surface area contributed by atoms with Gasteiger partial charge in [0, 0.05) is 24.8 Å². The lowest BCUT2D eigenvalue weighted by Gasteiger charge is -2.33. The number of carbonyl (C=O) groups is 2. The van der Waals surface area contributed by atoms with Gasteiger partial charge >= 0.3 is 0 Å². The molecule has 2 aliphatic rings. The highest BCUT2D eigenvalue weighted by atomic mass is 19.1. The highest BCUT2D eigenvalue weighted by Gasteiger charge is 2.35. The van der Waals surface area contributed by atoms with Gasteiger partial charge in [-0.15, -0.1) is 10.2 Å². The number of tetrazole rings is 1. The molecule has 5 rings (SSSR count). The molecule has 0 radical (unpaired) electrons. The van der Waals surface area contributed by atoms with Crippen LogP contribution in [0.3, 0.4) is 0 Å². The fraction of sp³-hybridized carbons (Fsp3) is 0.444. The molecule has 2 fully saturated rings. The quantitative estimate of drug-likeness (QED) is 0.460. The third-order valence-electron chi connectivity index (χ3n) is 7.02. The van der Waals surface area contributed by atoms with Crippen molar-refractivity contribution in [1.82, 2.24) is 30.4 Å². The first-order valence-electron chi connectivity index (χ1n) is 13.0. The SMILES string of the molecule is O=C(NC1CCCC1)[C@@H](c1ccc(F)cc1)N(C[C@@H]1CCCO1)C(=O)Cn1nnc(-c2ccc(F)cc2)n1. The number of nitrogens with zero attached hydrogens (tertiary/aromatic N) is 5. The minimum absolute atomic E-state index is 0.0420. The van der Waals surface area contributed by atoms with Crippen molar-refractivity contribution in [2.45, 2.75) is 63.3 Å². The first kappa shape index (κ1) is 25.9. The number of hydrogen-bond acceptors (Lipinski definition) is 6. The molecular weight excluding hydrogens is 494 g/mol. The largest absolute Gasteiger partial charge is 0.376 e. The maximum absolute atomic E-state index is 13.8. The minimum Gasteiger partial charge on any atom is -0.376 e. The molecule has 11 heteroatoms. The normalized spacial score (nSPS) is 18.4. The van der Waals surface area contributed by atoms with Crippen molar-refractivity contribution in [3.8, 4) is 11.4 Å². The van der Waals surface area contributed by atoms with E-state index in [1.165, 1.54) is 53.4 Å². The Kier molecular flexibility index (Phi) is 8.02. The lowest BCUT2D eigenvalue weighted by Crippen LogP contribution is -2.49. The summed E-state index contributed by atoms with van der Waals surface area (Å²) < 4.78 is 32.9. The molecule has 1 saturated carbocycles. The Morgan fingerprint density at radius 1 is 1.00 bits per heavy atom. The second-order valence-corrected chi connectivity index (χ2v) is 9.78. The van der Waals surface area contributed by atoms with Crippen molar-refractivity contribution >= 4 is 11.8 Å². The van der Waals surface area contributed by atoms with Gasteiger partial charge in [0.05, 0.1) is 6.10 Å². The number of amides is 2. The van der Waals surface area contributed by atoms with Crippen LogP contribution >= 0.6 is 0 Å². The predicted octanol–water partition coefficient (Wildman–Crippen LogP) is 3.43. The van der Waals surface area contributed by atoms with Gasteiger partial charge in [-0.1, -0.05) is 25.0 Å². The van der Waals surface area contributed by atoms with E-state index in [2.05, 4.69) is 20.7 Å². The molecule has 0 unspecified atom stereocenters. The van der Waals surface area contributed by atoms with E-state index < -0.39 is 17.8 Å². The van der Waals surface area contributed by atoms with Crippen molar-refractivity contribution in [2.75, 3.05) is 13.2 Å². The topological polar surface area (TPSA) is 102 Å². The van der Waals surface area contributed by atoms with Crippen LogP contribution < -0.4 is 5.32 Å². The van der Waals surface area contributed by atoms with Gasteiger partial charge in [0.1, 0.15) is 24.2 Å². The fourth-order valence-corrected chi connectivity index (χ4v) is 5.06. The molecule has 2 heterocycles. The second kappa shape index (κ2) is 11.8. The number of aromatic nitrogens is 4. The molecule has 3 aromatic rings. The summed E-state index contributed by atoms with van der Waals surface area (Å²) in [5.74, 6) is -1.28. The third-order valence-corrected chi connectivity index (χ3v) is 7.02. The van der Waals surface area contributed by atoms with Crippen molar-refractivity contribution < 1.29 is 23.1 Å². The number of carbonyl (C=O) groups excluding carboxylic acids is 2. The van der Waals surface area contributed by atoms with Crippen LogP contribution in [0.25, 0.3) is 11.4 Å². The molecule has 38 heavy (non-hydrogen) atoms. The van der Waals surface area contributed by atoms with Crippen LogP contribution in [0, 0.1) is 11.6 Å². The molecule has 0 bridgehead atoms. The zero-order valence-electron chi connectivity index (χ0n) is 20.9. The highest BCUT2D eigenvalue weighted by molar-refractivity contribution is 5.89. The maximum atomic E-state index is 13.8. The van der Waals surface area contributed by atoms with Crippen LogP contribution in [0.2, 0.25) is 0 Å². The molecule has 2 atom stereocenters. The van der Waals surface area contributed by atoms with Crippen LogP contribution in [0.4, 0.5) is 8.78 Å². The van der Waals surface area contributed by atoms with Gasteiger partial charge in [-0.05, 0) is 72.9 Å². The van der Waals surface area contributed by atoms with E-state index in [-0.39, 0.29) is 42.8 Å². The van der Waals surface area contributed by atoms with Gasteiger partial charge in [0.25, 0.3) is 0 Å². The highest BCUT2D eigenvalue weighted by Crippen LogP contribution is 2.27. The van der Waals surface area contributed by atoms with Crippen LogP contribution in [0.5, 0.6) is 0 Å². The van der Waals surface area contributed by atoms with Gasteiger partial charge in [0.2, 0.25) is 17.6 Å². The van der Waals surface area contributed by atoms with Gasteiger partial charge in [-0.2, -0.15) is 4.80 Å². The average Bonchev–Trinajstić information content (AvgIpc) is 3.69. The Balaban J connectivity index is 1.42. The zero-order chi connectivity index (χ0) is 26.5. The maximum Gasteiger partial charge on any atom is 0.247 e. The summed E-state index contributed by atoms with van der Waals surface area (Å²) in [6, 6.07) is 10.3. The Hall–Kier alpha value is -3.73. The zero-order valence-corrected chi connectivity index (χ0v) is 20.9. The van der Waals surface area contributed by atoms with Gasteiger partial charge in [-0.25, -0.2) is 8.78 Å². The first-order valence-corrected chi connectivity index (χ1v) is 13.0. The first-order chi connectivity index (χ1) is 18.5. The summed E-state index contributed by atoms with van der Waals surface area (Å²) in [5.41, 5.74) is 1.06. The van der Waals surface area contributed by atoms with E-state index in [0.29, 0.717) is 17.7 Å². The standard InChI is InChI=1S/C27H30F2N6O3/c28-20-11-7-18(8-12-20)25(27(37)30-22-4-1-2-5-22)34(16-23-6-3-15-38-23)24(36)17-35-32-26(31-33-35)19-9-13-21(29)14-10-19/h7-14,22-23,25H,1-6,15-17H2,(H,30,37)/t23-,25+/m0/s1. The monoisotopic (exact) mass is 524 g/mol. The van der Waals surface area contributed by atoms with Crippen LogP contribution in [-0.4, -0.2) is 62.2 Å². The Labute approximate surface area is 219 Å². The molecule has 200 valence electrons. The van der Waals surface area contributed by atoms with Gasteiger partial charge in [-0.3, -0.25) is 9.59 Å². The number of nitrogens with one attached hydrogen (secondary N) is 1. The molecule has 9 nitrogen and oxygen atoms in total. The Morgan fingerprint density at radius 3 is 2.34 bits per heavy atom. The molecule has 2 amide bonds. The molecule has 0 spiro atoms. The minimum atomic E-state index is -0.979. The van der Waals surface area contributed by atoms with E-state index in [0.717, 1.165) is 43.3 Å². The Bertz CT molecular complexity index is 1240. The molecule has 1 N–H and O–H groups in total. The van der Waals surface area contributed by atoms with Crippen LogP contribution in [0.1, 0.15) is 50.1 Å². The van der Waals surface area contributed by atoms with E-state index >= 15 is 0 Å². The van der Waals surface area contributed by atoms with Gasteiger partial charge < -0.3 is 15.0 Å². The molecule has 1 aliphatic heterocycles. The number of ether oxygens (including phenoxy) is 1. The summed E-state index contributed by atoms with van der Waals surface area (Å²) in [6.07, 6.45) is 5.26. The van der Waals surface area contributed by atoms with Crippen molar-refractivity contribution in [2.24, 2.45) is 0 Å².